The molecule has 0 aromatic heterocycles. The Kier molecular flexibility index (Phi) is 6.84. The van der Waals surface area contributed by atoms with Crippen LogP contribution in [-0.2, 0) is 14.2 Å². The quantitative estimate of drug-likeness (QED) is 0.414. The van der Waals surface area contributed by atoms with Gasteiger partial charge in [0.2, 0.25) is 0 Å². The fraction of sp³-hybridized carbons (Fsp3) is 1.00. The normalized spacial score (nSPS) is 13.5. The minimum atomic E-state index is -0.518. The zero-order chi connectivity index (χ0) is 7.82. The number of hydrogen-bond donors (Lipinski definition) is 1. The lowest BCUT2D eigenvalue weighted by Crippen LogP contribution is -2.21. The van der Waals surface area contributed by atoms with Crippen LogP contribution in [0.25, 0.3) is 0 Å². The van der Waals surface area contributed by atoms with Gasteiger partial charge >= 0.3 is 0 Å². The number of rotatable bonds is 6. The van der Waals surface area contributed by atoms with Crippen molar-refractivity contribution >= 4 is 0 Å². The summed E-state index contributed by atoms with van der Waals surface area (Å²) in [5, 5.41) is 8.53. The van der Waals surface area contributed by atoms with Gasteiger partial charge < -0.3 is 19.3 Å². The Bertz CT molecular complexity index is 62.8. The molecule has 0 saturated carbocycles. The van der Waals surface area contributed by atoms with E-state index in [1.54, 1.807) is 7.11 Å². The first-order valence-corrected chi connectivity index (χ1v) is 3.09. The summed E-state index contributed by atoms with van der Waals surface area (Å²) in [6.45, 7) is 0.829. The van der Waals surface area contributed by atoms with E-state index in [1.165, 1.54) is 7.11 Å². The highest BCUT2D eigenvalue weighted by Gasteiger charge is 2.02. The lowest BCUT2D eigenvalue weighted by Gasteiger charge is -2.12. The van der Waals surface area contributed by atoms with Gasteiger partial charge in [-0.25, -0.2) is 0 Å². The van der Waals surface area contributed by atoms with Crippen LogP contribution in [0, 0.1) is 0 Å². The predicted molar refractivity (Wildman–Crippen MR) is 35.7 cm³/mol. The van der Waals surface area contributed by atoms with Gasteiger partial charge in [0, 0.05) is 14.2 Å². The van der Waals surface area contributed by atoms with Crippen molar-refractivity contribution in [2.75, 3.05) is 34.0 Å². The van der Waals surface area contributed by atoms with E-state index < -0.39 is 6.29 Å². The molecular weight excluding hydrogens is 136 g/mol. The van der Waals surface area contributed by atoms with Gasteiger partial charge in [-0.2, -0.15) is 0 Å². The van der Waals surface area contributed by atoms with E-state index in [0.29, 0.717) is 13.2 Å². The van der Waals surface area contributed by atoms with E-state index in [0.717, 1.165) is 0 Å². The smallest absolute Gasteiger partial charge is 0.180 e. The molecule has 0 radical (unpaired) electrons. The molecule has 0 aromatic rings. The molecule has 0 spiro atoms. The van der Waals surface area contributed by atoms with Crippen LogP contribution in [0.3, 0.4) is 0 Å². The molecule has 0 heterocycles. The van der Waals surface area contributed by atoms with Crippen LogP contribution in [0.1, 0.15) is 0 Å². The lowest BCUT2D eigenvalue weighted by molar-refractivity contribution is -0.152. The Morgan fingerprint density at radius 1 is 1.30 bits per heavy atom. The number of hydrogen-bond acceptors (Lipinski definition) is 4. The molecule has 0 aliphatic heterocycles. The molecule has 1 unspecified atom stereocenters. The highest BCUT2D eigenvalue weighted by molar-refractivity contribution is 4.36. The van der Waals surface area contributed by atoms with Crippen molar-refractivity contribution in [1.82, 2.24) is 0 Å². The second-order valence-electron chi connectivity index (χ2n) is 1.71. The molecule has 4 heteroatoms. The highest BCUT2D eigenvalue weighted by Crippen LogP contribution is 1.89. The highest BCUT2D eigenvalue weighted by atomic mass is 16.7. The van der Waals surface area contributed by atoms with Gasteiger partial charge in [-0.3, -0.25) is 0 Å². The van der Waals surface area contributed by atoms with E-state index in [9.17, 15) is 0 Å². The number of aliphatic hydroxyl groups is 1. The second-order valence-corrected chi connectivity index (χ2v) is 1.71. The largest absolute Gasteiger partial charge is 0.391 e. The third kappa shape index (κ3) is 4.69. The number of ether oxygens (including phenoxy) is 3. The third-order valence-electron chi connectivity index (χ3n) is 1.00. The van der Waals surface area contributed by atoms with Crippen LogP contribution >= 0.6 is 0 Å². The van der Waals surface area contributed by atoms with Crippen molar-refractivity contribution in [3.05, 3.63) is 0 Å². The molecule has 0 fully saturated rings. The monoisotopic (exact) mass is 150 g/mol. The minimum absolute atomic E-state index is 0.125. The maximum Gasteiger partial charge on any atom is 0.180 e. The van der Waals surface area contributed by atoms with Crippen molar-refractivity contribution in [2.45, 2.75) is 6.29 Å². The zero-order valence-electron chi connectivity index (χ0n) is 6.37. The van der Waals surface area contributed by atoms with Crippen LogP contribution < -0.4 is 0 Å². The SMILES string of the molecule is COCCOC(CO)OC. The second kappa shape index (κ2) is 6.95. The minimum Gasteiger partial charge on any atom is -0.391 e. The molecule has 4 nitrogen and oxygen atoms in total. The summed E-state index contributed by atoms with van der Waals surface area (Å²) in [6, 6.07) is 0. The molecule has 0 aromatic carbocycles. The van der Waals surface area contributed by atoms with Gasteiger partial charge in [-0.15, -0.1) is 0 Å². The molecule has 0 aliphatic rings. The Labute approximate surface area is 60.7 Å². The van der Waals surface area contributed by atoms with Gasteiger partial charge in [-0.05, 0) is 0 Å². The first-order valence-electron chi connectivity index (χ1n) is 3.09. The molecule has 0 rings (SSSR count). The first-order chi connectivity index (χ1) is 4.85. The molecule has 1 N–H and O–H groups in total. The molecular formula is C6H14O4. The molecule has 0 bridgehead atoms. The van der Waals surface area contributed by atoms with Crippen molar-refractivity contribution in [3.63, 3.8) is 0 Å². The topological polar surface area (TPSA) is 47.9 Å². The molecule has 1 atom stereocenters. The zero-order valence-corrected chi connectivity index (χ0v) is 6.37. The molecule has 0 saturated heterocycles. The van der Waals surface area contributed by atoms with E-state index in [2.05, 4.69) is 0 Å². The number of aliphatic hydroxyl groups excluding tert-OH is 1. The molecule has 0 amide bonds. The Morgan fingerprint density at radius 2 is 2.00 bits per heavy atom. The average molecular weight is 150 g/mol. The van der Waals surface area contributed by atoms with Crippen LogP contribution in [0.5, 0.6) is 0 Å². The maximum atomic E-state index is 8.53. The van der Waals surface area contributed by atoms with Gasteiger partial charge in [0.25, 0.3) is 0 Å². The fourth-order valence-corrected chi connectivity index (χ4v) is 0.458. The number of methoxy groups -OCH3 is 2. The summed E-state index contributed by atoms with van der Waals surface area (Å²) >= 11 is 0. The van der Waals surface area contributed by atoms with Gasteiger partial charge in [-0.1, -0.05) is 0 Å². The van der Waals surface area contributed by atoms with Crippen molar-refractivity contribution in [1.29, 1.82) is 0 Å². The third-order valence-corrected chi connectivity index (χ3v) is 1.00. The Hall–Kier alpha value is -0.160. The van der Waals surface area contributed by atoms with E-state index in [-0.39, 0.29) is 6.61 Å². The van der Waals surface area contributed by atoms with Crippen molar-refractivity contribution in [2.24, 2.45) is 0 Å². The van der Waals surface area contributed by atoms with Gasteiger partial charge in [0.1, 0.15) is 0 Å². The molecule has 10 heavy (non-hydrogen) atoms. The van der Waals surface area contributed by atoms with E-state index >= 15 is 0 Å². The van der Waals surface area contributed by atoms with Crippen molar-refractivity contribution < 1.29 is 19.3 Å². The Morgan fingerprint density at radius 3 is 2.40 bits per heavy atom. The predicted octanol–water partition coefficient (Wildman–Crippen LogP) is -0.386. The van der Waals surface area contributed by atoms with Crippen LogP contribution in [-0.4, -0.2) is 45.4 Å². The summed E-state index contributed by atoms with van der Waals surface area (Å²) in [4.78, 5) is 0. The first kappa shape index (κ1) is 9.84. The summed E-state index contributed by atoms with van der Waals surface area (Å²) in [7, 11) is 3.07. The van der Waals surface area contributed by atoms with E-state index in [1.807, 2.05) is 0 Å². The lowest BCUT2D eigenvalue weighted by atomic mass is 10.6. The summed E-state index contributed by atoms with van der Waals surface area (Å²) < 4.78 is 14.4. The molecule has 0 aliphatic carbocycles. The van der Waals surface area contributed by atoms with Gasteiger partial charge in [0.05, 0.1) is 19.8 Å². The van der Waals surface area contributed by atoms with Crippen LogP contribution in [0.2, 0.25) is 0 Å². The summed E-state index contributed by atoms with van der Waals surface area (Å²) in [5.74, 6) is 0. The fourth-order valence-electron chi connectivity index (χ4n) is 0.458. The average Bonchev–Trinajstić information content (AvgIpc) is 1.99. The standard InChI is InChI=1S/C6H14O4/c1-8-3-4-10-6(5-7)9-2/h6-7H,3-5H2,1-2H3. The van der Waals surface area contributed by atoms with Crippen LogP contribution in [0.15, 0.2) is 0 Å². The summed E-state index contributed by atoms with van der Waals surface area (Å²) in [5.41, 5.74) is 0. The van der Waals surface area contributed by atoms with E-state index in [4.69, 9.17) is 19.3 Å². The van der Waals surface area contributed by atoms with Crippen LogP contribution in [0.4, 0.5) is 0 Å². The summed E-state index contributed by atoms with van der Waals surface area (Å²) in [6.07, 6.45) is -0.518. The Balaban J connectivity index is 3.09. The molecule has 62 valence electrons. The van der Waals surface area contributed by atoms with Gasteiger partial charge in [0.15, 0.2) is 6.29 Å². The van der Waals surface area contributed by atoms with Crippen molar-refractivity contribution in [3.8, 4) is 0 Å². The maximum absolute atomic E-state index is 8.53.